The van der Waals surface area contributed by atoms with Crippen molar-refractivity contribution in [3.05, 3.63) is 29.6 Å². The van der Waals surface area contributed by atoms with Crippen molar-refractivity contribution in [1.82, 2.24) is 10.3 Å². The van der Waals surface area contributed by atoms with Gasteiger partial charge in [0.2, 0.25) is 0 Å². The molecule has 1 N–H and O–H groups in total. The van der Waals surface area contributed by atoms with Gasteiger partial charge >= 0.3 is 6.18 Å². The number of hydrogen-bond donors (Lipinski definition) is 1. The van der Waals surface area contributed by atoms with Gasteiger partial charge in [0.25, 0.3) is 0 Å². The first kappa shape index (κ1) is 15.5. The summed E-state index contributed by atoms with van der Waals surface area (Å²) in [6.45, 7) is 7.03. The van der Waals surface area contributed by atoms with Gasteiger partial charge in [-0.25, -0.2) is 4.98 Å². The standard InChI is InChI=1S/C13H17F3N2O/c1-5-9-11(19-4)8(3)7-10(18-9)12(17-6-2)13(14,15)16/h5,7,12,17H,1,6H2,2-4H3. The van der Waals surface area contributed by atoms with Gasteiger partial charge in [0.1, 0.15) is 17.5 Å². The van der Waals surface area contributed by atoms with Crippen LogP contribution >= 0.6 is 0 Å². The van der Waals surface area contributed by atoms with Crippen molar-refractivity contribution in [3.8, 4) is 5.75 Å². The summed E-state index contributed by atoms with van der Waals surface area (Å²) >= 11 is 0. The number of nitrogens with zero attached hydrogens (tertiary/aromatic N) is 1. The molecule has 0 saturated carbocycles. The molecule has 19 heavy (non-hydrogen) atoms. The van der Waals surface area contributed by atoms with E-state index in [1.807, 2.05) is 0 Å². The number of rotatable bonds is 5. The summed E-state index contributed by atoms with van der Waals surface area (Å²) in [6.07, 6.45) is -3.02. The number of ether oxygens (including phenoxy) is 1. The molecule has 1 aromatic rings. The van der Waals surface area contributed by atoms with Gasteiger partial charge in [-0.3, -0.25) is 0 Å². The first-order valence-electron chi connectivity index (χ1n) is 5.83. The van der Waals surface area contributed by atoms with E-state index in [2.05, 4.69) is 16.9 Å². The number of methoxy groups -OCH3 is 1. The molecule has 0 fully saturated rings. The average molecular weight is 274 g/mol. The molecule has 1 rings (SSSR count). The fourth-order valence-electron chi connectivity index (χ4n) is 1.86. The van der Waals surface area contributed by atoms with E-state index in [4.69, 9.17) is 4.74 Å². The van der Waals surface area contributed by atoms with Crippen LogP contribution in [0.25, 0.3) is 6.08 Å². The van der Waals surface area contributed by atoms with Crippen LogP contribution in [0.2, 0.25) is 0 Å². The molecule has 1 unspecified atom stereocenters. The predicted octanol–water partition coefficient (Wildman–Crippen LogP) is 3.25. The van der Waals surface area contributed by atoms with E-state index in [1.54, 1.807) is 13.8 Å². The molecule has 0 aliphatic rings. The molecule has 1 heterocycles. The third-order valence-electron chi connectivity index (χ3n) is 2.63. The quantitative estimate of drug-likeness (QED) is 0.895. The van der Waals surface area contributed by atoms with Gasteiger partial charge in [-0.15, -0.1) is 0 Å². The van der Waals surface area contributed by atoms with Crippen LogP contribution in [0, 0.1) is 6.92 Å². The van der Waals surface area contributed by atoms with E-state index < -0.39 is 12.2 Å². The fourth-order valence-corrected chi connectivity index (χ4v) is 1.86. The highest BCUT2D eigenvalue weighted by molar-refractivity contribution is 5.55. The van der Waals surface area contributed by atoms with E-state index in [0.29, 0.717) is 17.0 Å². The molecule has 0 radical (unpaired) electrons. The van der Waals surface area contributed by atoms with Crippen molar-refractivity contribution >= 4 is 6.08 Å². The maximum absolute atomic E-state index is 13.0. The SMILES string of the molecule is C=Cc1nc(C(NCC)C(F)(F)F)cc(C)c1OC. The van der Waals surface area contributed by atoms with Crippen molar-refractivity contribution < 1.29 is 17.9 Å². The summed E-state index contributed by atoms with van der Waals surface area (Å²) in [6, 6.07) is -0.409. The summed E-state index contributed by atoms with van der Waals surface area (Å²) in [5.74, 6) is 0.441. The minimum Gasteiger partial charge on any atom is -0.494 e. The highest BCUT2D eigenvalue weighted by atomic mass is 19.4. The molecule has 0 amide bonds. The monoisotopic (exact) mass is 274 g/mol. The zero-order chi connectivity index (χ0) is 14.6. The summed E-state index contributed by atoms with van der Waals surface area (Å²) in [5, 5.41) is 2.39. The topological polar surface area (TPSA) is 34.2 Å². The van der Waals surface area contributed by atoms with Crippen molar-refractivity contribution in [3.63, 3.8) is 0 Å². The Morgan fingerprint density at radius 1 is 1.53 bits per heavy atom. The summed E-state index contributed by atoms with van der Waals surface area (Å²) < 4.78 is 44.1. The number of aryl methyl sites for hydroxylation is 1. The highest BCUT2D eigenvalue weighted by Crippen LogP contribution is 2.34. The molecule has 0 bridgehead atoms. The normalized spacial score (nSPS) is 13.2. The van der Waals surface area contributed by atoms with E-state index in [0.717, 1.165) is 0 Å². The zero-order valence-corrected chi connectivity index (χ0v) is 11.1. The summed E-state index contributed by atoms with van der Waals surface area (Å²) in [5.41, 5.74) is 0.821. The fraction of sp³-hybridized carbons (Fsp3) is 0.462. The molecule has 1 aromatic heterocycles. The lowest BCUT2D eigenvalue weighted by Crippen LogP contribution is -2.34. The lowest BCUT2D eigenvalue weighted by molar-refractivity contribution is -0.158. The van der Waals surface area contributed by atoms with Gasteiger partial charge < -0.3 is 10.1 Å². The van der Waals surface area contributed by atoms with Crippen LogP contribution < -0.4 is 10.1 Å². The average Bonchev–Trinajstić information content (AvgIpc) is 2.33. The minimum atomic E-state index is -4.40. The molecule has 0 aromatic carbocycles. The number of nitrogens with one attached hydrogen (secondary N) is 1. The minimum absolute atomic E-state index is 0.0810. The number of alkyl halides is 3. The van der Waals surface area contributed by atoms with Crippen molar-refractivity contribution in [2.75, 3.05) is 13.7 Å². The Kier molecular flexibility index (Phi) is 4.94. The van der Waals surface area contributed by atoms with Gasteiger partial charge in [0, 0.05) is 0 Å². The third-order valence-corrected chi connectivity index (χ3v) is 2.63. The first-order chi connectivity index (χ1) is 8.85. The molecule has 0 spiro atoms. The van der Waals surface area contributed by atoms with Crippen LogP contribution in [0.15, 0.2) is 12.6 Å². The van der Waals surface area contributed by atoms with E-state index in [9.17, 15) is 13.2 Å². The lowest BCUT2D eigenvalue weighted by Gasteiger charge is -2.22. The number of hydrogen-bond acceptors (Lipinski definition) is 3. The highest BCUT2D eigenvalue weighted by Gasteiger charge is 2.41. The molecule has 106 valence electrons. The van der Waals surface area contributed by atoms with Gasteiger partial charge in [-0.2, -0.15) is 13.2 Å². The smallest absolute Gasteiger partial charge is 0.409 e. The molecule has 0 saturated heterocycles. The van der Waals surface area contributed by atoms with Crippen LogP contribution in [-0.4, -0.2) is 24.8 Å². The molecule has 3 nitrogen and oxygen atoms in total. The number of halogens is 3. The maximum atomic E-state index is 13.0. The van der Waals surface area contributed by atoms with Crippen LogP contribution in [-0.2, 0) is 0 Å². The van der Waals surface area contributed by atoms with Gasteiger partial charge in [0.15, 0.2) is 0 Å². The molecule has 6 heteroatoms. The number of pyridine rings is 1. The third kappa shape index (κ3) is 3.47. The Balaban J connectivity index is 3.32. The second kappa shape index (κ2) is 6.06. The second-order valence-corrected chi connectivity index (χ2v) is 4.02. The van der Waals surface area contributed by atoms with E-state index >= 15 is 0 Å². The lowest BCUT2D eigenvalue weighted by atomic mass is 10.1. The van der Waals surface area contributed by atoms with Crippen molar-refractivity contribution in [1.29, 1.82) is 0 Å². The zero-order valence-electron chi connectivity index (χ0n) is 11.1. The molecular weight excluding hydrogens is 257 g/mol. The van der Waals surface area contributed by atoms with Gasteiger partial charge in [-0.1, -0.05) is 13.5 Å². The van der Waals surface area contributed by atoms with E-state index in [1.165, 1.54) is 19.3 Å². The Hall–Kier alpha value is -1.56. The predicted molar refractivity (Wildman–Crippen MR) is 68.1 cm³/mol. The van der Waals surface area contributed by atoms with Gasteiger partial charge in [-0.05, 0) is 31.2 Å². The molecule has 0 aliphatic heterocycles. The largest absolute Gasteiger partial charge is 0.494 e. The van der Waals surface area contributed by atoms with Crippen molar-refractivity contribution in [2.24, 2.45) is 0 Å². The molecule has 0 aliphatic carbocycles. The summed E-state index contributed by atoms with van der Waals surface area (Å²) in [4.78, 5) is 3.98. The van der Waals surface area contributed by atoms with E-state index in [-0.39, 0.29) is 12.2 Å². The Bertz CT molecular complexity index is 458. The Morgan fingerprint density at radius 2 is 2.16 bits per heavy atom. The van der Waals surface area contributed by atoms with Crippen LogP contribution in [0.5, 0.6) is 5.75 Å². The Morgan fingerprint density at radius 3 is 2.58 bits per heavy atom. The van der Waals surface area contributed by atoms with Gasteiger partial charge in [0.05, 0.1) is 12.8 Å². The Labute approximate surface area is 110 Å². The maximum Gasteiger partial charge on any atom is 0.409 e. The van der Waals surface area contributed by atoms with Crippen molar-refractivity contribution in [2.45, 2.75) is 26.1 Å². The van der Waals surface area contributed by atoms with Crippen LogP contribution in [0.4, 0.5) is 13.2 Å². The second-order valence-electron chi connectivity index (χ2n) is 4.02. The summed E-state index contributed by atoms with van der Waals surface area (Å²) in [7, 11) is 1.45. The first-order valence-corrected chi connectivity index (χ1v) is 5.83. The molecule has 1 atom stereocenters. The van der Waals surface area contributed by atoms with Crippen LogP contribution in [0.3, 0.4) is 0 Å². The number of aromatic nitrogens is 1. The molecular formula is C13H17F3N2O. The van der Waals surface area contributed by atoms with Crippen LogP contribution in [0.1, 0.15) is 29.9 Å².